The van der Waals surface area contributed by atoms with Crippen LogP contribution in [-0.2, 0) is 6.54 Å². The molecule has 0 aliphatic heterocycles. The van der Waals surface area contributed by atoms with Gasteiger partial charge in [0, 0.05) is 28.5 Å². The number of hydrazine groups is 1. The van der Waals surface area contributed by atoms with Crippen molar-refractivity contribution in [2.24, 2.45) is 5.84 Å². The Labute approximate surface area is 121 Å². The van der Waals surface area contributed by atoms with E-state index in [0.717, 1.165) is 0 Å². The lowest BCUT2D eigenvalue weighted by molar-refractivity contribution is -0.386. The molecule has 0 amide bonds. The average molecular weight is 340 g/mol. The van der Waals surface area contributed by atoms with Gasteiger partial charge in [0.15, 0.2) is 0 Å². The van der Waals surface area contributed by atoms with E-state index in [0.29, 0.717) is 15.9 Å². The first-order chi connectivity index (χ1) is 9.52. The topological polar surface area (TPSA) is 116 Å². The maximum atomic E-state index is 12.0. The number of nitrogens with one attached hydrogen (secondary N) is 1. The summed E-state index contributed by atoms with van der Waals surface area (Å²) in [7, 11) is 0. The van der Waals surface area contributed by atoms with E-state index in [4.69, 9.17) is 5.84 Å². The number of rotatable bonds is 4. The quantitative estimate of drug-likeness (QED) is 0.492. The zero-order valence-electron chi connectivity index (χ0n) is 10.1. The first-order valence-corrected chi connectivity index (χ1v) is 6.27. The Balaban J connectivity index is 2.49. The molecule has 2 aromatic rings. The molecule has 2 aromatic heterocycles. The lowest BCUT2D eigenvalue weighted by atomic mass is 10.2. The summed E-state index contributed by atoms with van der Waals surface area (Å²) in [5.41, 5.74) is 1.87. The van der Waals surface area contributed by atoms with Crippen LogP contribution in [0.1, 0.15) is 5.56 Å². The van der Waals surface area contributed by atoms with Gasteiger partial charge in [-0.25, -0.2) is 10.8 Å². The molecule has 0 aliphatic rings. The Kier molecular flexibility index (Phi) is 4.11. The minimum atomic E-state index is -0.713. The van der Waals surface area contributed by atoms with Gasteiger partial charge in [-0.15, -0.1) is 0 Å². The second kappa shape index (κ2) is 5.80. The van der Waals surface area contributed by atoms with Crippen LogP contribution in [0.2, 0.25) is 0 Å². The van der Waals surface area contributed by atoms with Crippen molar-refractivity contribution in [2.45, 2.75) is 6.54 Å². The van der Waals surface area contributed by atoms with E-state index in [1.807, 2.05) is 0 Å². The predicted molar refractivity (Wildman–Crippen MR) is 76.2 cm³/mol. The summed E-state index contributed by atoms with van der Waals surface area (Å²) < 4.78 is 1.66. The number of halogens is 1. The molecule has 0 radical (unpaired) electrons. The molecule has 0 unspecified atom stereocenters. The van der Waals surface area contributed by atoms with Gasteiger partial charge >= 0.3 is 11.2 Å². The molecule has 2 rings (SSSR count). The SMILES string of the molecule is NNc1ncccc1Cn1cc(Br)cc([N+](=O)[O-])c1=O. The Bertz CT molecular complexity index is 715. The fourth-order valence-corrected chi connectivity index (χ4v) is 2.18. The Morgan fingerprint density at radius 1 is 1.55 bits per heavy atom. The van der Waals surface area contributed by atoms with E-state index >= 15 is 0 Å². The first-order valence-electron chi connectivity index (χ1n) is 5.48. The van der Waals surface area contributed by atoms with Gasteiger partial charge in [-0.2, -0.15) is 0 Å². The molecule has 0 bridgehead atoms. The number of hydrogen-bond acceptors (Lipinski definition) is 6. The minimum absolute atomic E-state index is 0.118. The maximum Gasteiger partial charge on any atom is 0.335 e. The number of pyridine rings is 2. The van der Waals surface area contributed by atoms with E-state index in [9.17, 15) is 14.9 Å². The van der Waals surface area contributed by atoms with Gasteiger partial charge in [0.1, 0.15) is 5.82 Å². The smallest absolute Gasteiger partial charge is 0.308 e. The maximum absolute atomic E-state index is 12.0. The van der Waals surface area contributed by atoms with Crippen LogP contribution in [0, 0.1) is 10.1 Å². The van der Waals surface area contributed by atoms with Crippen molar-refractivity contribution in [2.75, 3.05) is 5.43 Å². The van der Waals surface area contributed by atoms with Crippen molar-refractivity contribution in [1.29, 1.82) is 0 Å². The third kappa shape index (κ3) is 2.83. The van der Waals surface area contributed by atoms with E-state index in [2.05, 4.69) is 26.3 Å². The summed E-state index contributed by atoms with van der Waals surface area (Å²) in [5, 5.41) is 10.8. The molecule has 0 spiro atoms. The van der Waals surface area contributed by atoms with Gasteiger partial charge in [-0.1, -0.05) is 6.07 Å². The van der Waals surface area contributed by atoms with E-state index < -0.39 is 16.2 Å². The molecule has 8 nitrogen and oxygen atoms in total. The van der Waals surface area contributed by atoms with Crippen molar-refractivity contribution in [3.63, 3.8) is 0 Å². The Morgan fingerprint density at radius 3 is 2.95 bits per heavy atom. The molecule has 0 saturated heterocycles. The molecule has 0 fully saturated rings. The standard InChI is InChI=1S/C11H10BrN5O3/c12-8-4-9(17(19)20)11(18)16(6-8)5-7-2-1-3-14-10(7)15-13/h1-4,6H,5,13H2,(H,14,15). The number of nitrogens with zero attached hydrogens (tertiary/aromatic N) is 3. The molecule has 0 aromatic carbocycles. The highest BCUT2D eigenvalue weighted by Gasteiger charge is 2.16. The van der Waals surface area contributed by atoms with E-state index in [1.54, 1.807) is 18.3 Å². The van der Waals surface area contributed by atoms with Crippen LogP contribution >= 0.6 is 15.9 Å². The summed E-state index contributed by atoms with van der Waals surface area (Å²) >= 11 is 3.14. The number of nitrogen functional groups attached to an aromatic ring is 1. The van der Waals surface area contributed by atoms with Crippen LogP contribution < -0.4 is 16.8 Å². The van der Waals surface area contributed by atoms with Crippen molar-refractivity contribution < 1.29 is 4.92 Å². The highest BCUT2D eigenvalue weighted by molar-refractivity contribution is 9.10. The van der Waals surface area contributed by atoms with Crippen molar-refractivity contribution in [3.8, 4) is 0 Å². The highest BCUT2D eigenvalue weighted by atomic mass is 79.9. The molecule has 9 heteroatoms. The zero-order valence-corrected chi connectivity index (χ0v) is 11.7. The van der Waals surface area contributed by atoms with Gasteiger partial charge in [-0.05, 0) is 22.0 Å². The first kappa shape index (κ1) is 14.2. The molecule has 104 valence electrons. The van der Waals surface area contributed by atoms with Gasteiger partial charge in [-0.3, -0.25) is 14.9 Å². The number of hydrogen-bond donors (Lipinski definition) is 2. The summed E-state index contributed by atoms with van der Waals surface area (Å²) in [4.78, 5) is 26.1. The van der Waals surface area contributed by atoms with Gasteiger partial charge < -0.3 is 9.99 Å². The van der Waals surface area contributed by atoms with Crippen LogP contribution in [-0.4, -0.2) is 14.5 Å². The fourth-order valence-electron chi connectivity index (χ4n) is 1.71. The minimum Gasteiger partial charge on any atom is -0.308 e. The fraction of sp³-hybridized carbons (Fsp3) is 0.0909. The monoisotopic (exact) mass is 339 g/mol. The third-order valence-corrected chi connectivity index (χ3v) is 3.03. The largest absolute Gasteiger partial charge is 0.335 e. The normalized spacial score (nSPS) is 10.3. The molecule has 0 aliphatic carbocycles. The van der Waals surface area contributed by atoms with E-state index in [1.165, 1.54) is 16.8 Å². The number of nitrogens with two attached hydrogens (primary N) is 1. The van der Waals surface area contributed by atoms with Crippen LogP contribution in [0.3, 0.4) is 0 Å². The molecule has 0 atom stereocenters. The van der Waals surface area contributed by atoms with Crippen molar-refractivity contribution >= 4 is 27.4 Å². The van der Waals surface area contributed by atoms with Crippen LogP contribution in [0.4, 0.5) is 11.5 Å². The lowest BCUT2D eigenvalue weighted by Gasteiger charge is -2.09. The highest BCUT2D eigenvalue weighted by Crippen LogP contribution is 2.16. The van der Waals surface area contributed by atoms with Crippen LogP contribution in [0.15, 0.2) is 39.9 Å². The zero-order chi connectivity index (χ0) is 14.7. The van der Waals surface area contributed by atoms with Crippen molar-refractivity contribution in [1.82, 2.24) is 9.55 Å². The van der Waals surface area contributed by atoms with Crippen LogP contribution in [0.5, 0.6) is 0 Å². The second-order valence-corrected chi connectivity index (χ2v) is 4.80. The lowest BCUT2D eigenvalue weighted by Crippen LogP contribution is -2.23. The molecule has 3 N–H and O–H groups in total. The summed E-state index contributed by atoms with van der Waals surface area (Å²) in [6.45, 7) is 0.118. The van der Waals surface area contributed by atoms with Crippen molar-refractivity contribution in [3.05, 3.63) is 61.1 Å². The van der Waals surface area contributed by atoms with Gasteiger partial charge in [0.05, 0.1) is 11.5 Å². The van der Waals surface area contributed by atoms with E-state index in [-0.39, 0.29) is 6.54 Å². The number of nitro groups is 1. The molecule has 2 heterocycles. The van der Waals surface area contributed by atoms with Crippen LogP contribution in [0.25, 0.3) is 0 Å². The molecular formula is C11H10BrN5O3. The number of anilines is 1. The Morgan fingerprint density at radius 2 is 2.30 bits per heavy atom. The second-order valence-electron chi connectivity index (χ2n) is 3.89. The third-order valence-electron chi connectivity index (χ3n) is 2.60. The Hall–Kier alpha value is -2.26. The van der Waals surface area contributed by atoms with Gasteiger partial charge in [0.25, 0.3) is 0 Å². The summed E-state index contributed by atoms with van der Waals surface area (Å²) in [6, 6.07) is 4.58. The van der Waals surface area contributed by atoms with Gasteiger partial charge in [0.2, 0.25) is 0 Å². The molecular weight excluding hydrogens is 330 g/mol. The molecule has 0 saturated carbocycles. The molecule has 20 heavy (non-hydrogen) atoms. The number of aromatic nitrogens is 2. The predicted octanol–water partition coefficient (Wildman–Crippen LogP) is 1.25. The summed E-state index contributed by atoms with van der Waals surface area (Å²) in [5.74, 6) is 5.74. The summed E-state index contributed by atoms with van der Waals surface area (Å²) in [6.07, 6.45) is 3.02. The average Bonchev–Trinajstić information content (AvgIpc) is 2.42.